The molecular formula is C11H19N3S. The molecule has 2 rings (SSSR count). The van der Waals surface area contributed by atoms with E-state index in [0.29, 0.717) is 6.04 Å². The highest BCUT2D eigenvalue weighted by Crippen LogP contribution is 2.08. The first-order chi connectivity index (χ1) is 7.34. The first-order valence-electron chi connectivity index (χ1n) is 5.70. The van der Waals surface area contributed by atoms with Crippen molar-refractivity contribution in [1.82, 2.24) is 15.6 Å². The van der Waals surface area contributed by atoms with Crippen LogP contribution in [0.4, 0.5) is 0 Å². The third kappa shape index (κ3) is 3.55. The zero-order chi connectivity index (χ0) is 10.5. The molecular weight excluding hydrogens is 206 g/mol. The fourth-order valence-electron chi connectivity index (χ4n) is 1.96. The first-order valence-corrected chi connectivity index (χ1v) is 6.57. The number of nitrogens with zero attached hydrogens (tertiary/aromatic N) is 1. The summed E-state index contributed by atoms with van der Waals surface area (Å²) in [5.74, 6) is 0. The number of aryl methyl sites for hydroxylation is 1. The highest BCUT2D eigenvalue weighted by atomic mass is 32.1. The number of hydrogen-bond acceptors (Lipinski definition) is 4. The molecule has 1 aromatic heterocycles. The van der Waals surface area contributed by atoms with Gasteiger partial charge in [-0.1, -0.05) is 6.42 Å². The Morgan fingerprint density at radius 2 is 2.53 bits per heavy atom. The Bertz CT molecular complexity index is 292. The average Bonchev–Trinajstić information content (AvgIpc) is 2.66. The molecule has 0 spiro atoms. The topological polar surface area (TPSA) is 37.0 Å². The van der Waals surface area contributed by atoms with Crippen LogP contribution in [0.1, 0.15) is 30.0 Å². The minimum atomic E-state index is 0.665. The maximum atomic E-state index is 4.43. The van der Waals surface area contributed by atoms with Crippen LogP contribution in [0.25, 0.3) is 0 Å². The zero-order valence-electron chi connectivity index (χ0n) is 9.25. The van der Waals surface area contributed by atoms with Crippen molar-refractivity contribution in [3.63, 3.8) is 0 Å². The lowest BCUT2D eigenvalue weighted by atomic mass is 10.1. The van der Waals surface area contributed by atoms with E-state index >= 15 is 0 Å². The van der Waals surface area contributed by atoms with E-state index in [-0.39, 0.29) is 0 Å². The highest BCUT2D eigenvalue weighted by Gasteiger charge is 2.11. The number of piperidine rings is 1. The first kappa shape index (κ1) is 11.0. The SMILES string of the molecule is Cc1nc(CNCC2CCCCN2)cs1. The number of rotatable bonds is 4. The van der Waals surface area contributed by atoms with Crippen LogP contribution in [0, 0.1) is 6.92 Å². The van der Waals surface area contributed by atoms with E-state index in [0.717, 1.165) is 18.1 Å². The quantitative estimate of drug-likeness (QED) is 0.818. The zero-order valence-corrected chi connectivity index (χ0v) is 10.1. The summed E-state index contributed by atoms with van der Waals surface area (Å²) in [6.45, 7) is 5.21. The molecule has 1 saturated heterocycles. The fraction of sp³-hybridized carbons (Fsp3) is 0.727. The number of aromatic nitrogens is 1. The molecule has 0 saturated carbocycles. The van der Waals surface area contributed by atoms with Crippen LogP contribution < -0.4 is 10.6 Å². The Balaban J connectivity index is 1.65. The van der Waals surface area contributed by atoms with E-state index in [2.05, 4.69) is 27.9 Å². The summed E-state index contributed by atoms with van der Waals surface area (Å²) < 4.78 is 0. The summed E-state index contributed by atoms with van der Waals surface area (Å²) in [6, 6.07) is 0.665. The van der Waals surface area contributed by atoms with E-state index < -0.39 is 0 Å². The van der Waals surface area contributed by atoms with Gasteiger partial charge >= 0.3 is 0 Å². The van der Waals surface area contributed by atoms with Crippen molar-refractivity contribution in [2.45, 2.75) is 38.8 Å². The lowest BCUT2D eigenvalue weighted by Crippen LogP contribution is -2.41. The van der Waals surface area contributed by atoms with Crippen molar-refractivity contribution in [2.75, 3.05) is 13.1 Å². The molecule has 15 heavy (non-hydrogen) atoms. The molecule has 1 fully saturated rings. The molecule has 3 nitrogen and oxygen atoms in total. The second-order valence-corrected chi connectivity index (χ2v) is 5.20. The largest absolute Gasteiger partial charge is 0.313 e. The van der Waals surface area contributed by atoms with Crippen molar-refractivity contribution >= 4 is 11.3 Å². The molecule has 1 aliphatic rings. The molecule has 0 amide bonds. The van der Waals surface area contributed by atoms with Crippen LogP contribution in [-0.4, -0.2) is 24.1 Å². The van der Waals surface area contributed by atoms with E-state index in [1.165, 1.54) is 31.5 Å². The van der Waals surface area contributed by atoms with Crippen LogP contribution in [0.15, 0.2) is 5.38 Å². The Morgan fingerprint density at radius 3 is 3.20 bits per heavy atom. The van der Waals surface area contributed by atoms with Crippen LogP contribution in [-0.2, 0) is 6.54 Å². The van der Waals surface area contributed by atoms with Gasteiger partial charge in [-0.3, -0.25) is 0 Å². The number of thiazole rings is 1. The number of nitrogens with one attached hydrogen (secondary N) is 2. The molecule has 0 aromatic carbocycles. The van der Waals surface area contributed by atoms with E-state index in [1.54, 1.807) is 11.3 Å². The summed E-state index contributed by atoms with van der Waals surface area (Å²) in [5, 5.41) is 10.3. The fourth-order valence-corrected chi connectivity index (χ4v) is 2.57. The normalized spacial score (nSPS) is 21.8. The second kappa shape index (κ2) is 5.58. The van der Waals surface area contributed by atoms with E-state index in [9.17, 15) is 0 Å². The van der Waals surface area contributed by atoms with Gasteiger partial charge in [-0.15, -0.1) is 11.3 Å². The Labute approximate surface area is 95.3 Å². The van der Waals surface area contributed by atoms with Crippen LogP contribution in [0.2, 0.25) is 0 Å². The van der Waals surface area contributed by atoms with Gasteiger partial charge in [-0.05, 0) is 26.3 Å². The predicted octanol–water partition coefficient (Wildman–Crippen LogP) is 1.68. The monoisotopic (exact) mass is 225 g/mol. The standard InChI is InChI=1S/C11H19N3S/c1-9-14-11(8-15-9)7-12-6-10-4-2-3-5-13-10/h8,10,12-13H,2-7H2,1H3. The highest BCUT2D eigenvalue weighted by molar-refractivity contribution is 7.09. The third-order valence-corrected chi connectivity index (χ3v) is 3.60. The maximum Gasteiger partial charge on any atom is 0.0897 e. The van der Waals surface area contributed by atoms with Gasteiger partial charge in [0.15, 0.2) is 0 Å². The van der Waals surface area contributed by atoms with Crippen molar-refractivity contribution in [1.29, 1.82) is 0 Å². The van der Waals surface area contributed by atoms with Crippen molar-refractivity contribution in [3.05, 3.63) is 16.1 Å². The summed E-state index contributed by atoms with van der Waals surface area (Å²) in [4.78, 5) is 4.43. The van der Waals surface area contributed by atoms with Gasteiger partial charge in [0.05, 0.1) is 10.7 Å². The summed E-state index contributed by atoms with van der Waals surface area (Å²) in [5.41, 5.74) is 1.17. The predicted molar refractivity (Wildman–Crippen MR) is 64.2 cm³/mol. The van der Waals surface area contributed by atoms with Crippen molar-refractivity contribution in [3.8, 4) is 0 Å². The summed E-state index contributed by atoms with van der Waals surface area (Å²) in [7, 11) is 0. The Kier molecular flexibility index (Phi) is 4.11. The van der Waals surface area contributed by atoms with Crippen LogP contribution >= 0.6 is 11.3 Å². The molecule has 1 aromatic rings. The second-order valence-electron chi connectivity index (χ2n) is 4.14. The maximum absolute atomic E-state index is 4.43. The molecule has 0 radical (unpaired) electrons. The number of hydrogen-bond donors (Lipinski definition) is 2. The summed E-state index contributed by atoms with van der Waals surface area (Å²) >= 11 is 1.72. The van der Waals surface area contributed by atoms with Gasteiger partial charge in [0.2, 0.25) is 0 Å². The smallest absolute Gasteiger partial charge is 0.0897 e. The molecule has 1 aliphatic heterocycles. The minimum Gasteiger partial charge on any atom is -0.313 e. The van der Waals surface area contributed by atoms with Crippen LogP contribution in [0.5, 0.6) is 0 Å². The molecule has 2 N–H and O–H groups in total. The summed E-state index contributed by atoms with van der Waals surface area (Å²) in [6.07, 6.45) is 4.01. The van der Waals surface area contributed by atoms with Gasteiger partial charge in [0, 0.05) is 24.5 Å². The molecule has 1 unspecified atom stereocenters. The minimum absolute atomic E-state index is 0.665. The van der Waals surface area contributed by atoms with Crippen molar-refractivity contribution < 1.29 is 0 Å². The molecule has 2 heterocycles. The van der Waals surface area contributed by atoms with Crippen LogP contribution in [0.3, 0.4) is 0 Å². The lowest BCUT2D eigenvalue weighted by molar-refractivity contribution is 0.382. The molecule has 84 valence electrons. The lowest BCUT2D eigenvalue weighted by Gasteiger charge is -2.23. The third-order valence-electron chi connectivity index (χ3n) is 2.78. The molecule has 1 atom stereocenters. The Hall–Kier alpha value is -0.450. The molecule has 4 heteroatoms. The van der Waals surface area contributed by atoms with Gasteiger partial charge in [-0.2, -0.15) is 0 Å². The molecule has 0 aliphatic carbocycles. The van der Waals surface area contributed by atoms with E-state index in [1.807, 2.05) is 0 Å². The van der Waals surface area contributed by atoms with E-state index in [4.69, 9.17) is 0 Å². The van der Waals surface area contributed by atoms with Crippen molar-refractivity contribution in [2.24, 2.45) is 0 Å². The van der Waals surface area contributed by atoms with Gasteiger partial charge in [-0.25, -0.2) is 4.98 Å². The molecule has 0 bridgehead atoms. The average molecular weight is 225 g/mol. The van der Waals surface area contributed by atoms with Gasteiger partial charge in [0.1, 0.15) is 0 Å². The Morgan fingerprint density at radius 1 is 1.60 bits per heavy atom. The van der Waals surface area contributed by atoms with Gasteiger partial charge in [0.25, 0.3) is 0 Å². The van der Waals surface area contributed by atoms with Gasteiger partial charge < -0.3 is 10.6 Å².